The Morgan fingerprint density at radius 2 is 1.16 bits per heavy atom. The topological polar surface area (TPSA) is 122 Å². The Morgan fingerprint density at radius 1 is 0.744 bits per heavy atom. The molecule has 0 saturated heterocycles. The zero-order valence-electron chi connectivity index (χ0n) is 26.9. The van der Waals surface area contributed by atoms with Crippen molar-refractivity contribution in [2.75, 3.05) is 11.9 Å². The molecule has 248 valence electrons. The van der Waals surface area contributed by atoms with Crippen LogP contribution in [0.2, 0.25) is 0 Å². The number of halogens is 3. The first kappa shape index (κ1) is 42.3. The van der Waals surface area contributed by atoms with Crippen LogP contribution in [0.4, 0.5) is 0 Å². The quantitative estimate of drug-likeness (QED) is 0.206. The summed E-state index contributed by atoms with van der Waals surface area (Å²) in [4.78, 5) is 0.224. The van der Waals surface area contributed by atoms with E-state index < -0.39 is 31.1 Å². The molecular weight excluding hydrogens is 788 g/mol. The summed E-state index contributed by atoms with van der Waals surface area (Å²) < 4.78 is 60.5. The van der Waals surface area contributed by atoms with E-state index in [2.05, 4.69) is 84.9 Å². The van der Waals surface area contributed by atoms with Gasteiger partial charge in [0.15, 0.2) is 0 Å². The Morgan fingerprint density at radius 3 is 1.53 bits per heavy atom. The van der Waals surface area contributed by atoms with Crippen molar-refractivity contribution in [3.8, 4) is 11.5 Å². The number of hydrogen-bond acceptors (Lipinski definition) is 6. The summed E-state index contributed by atoms with van der Waals surface area (Å²) in [6, 6.07) is 9.13. The number of aromatic hydroxyl groups is 1. The smallest absolute Gasteiger partial charge is 0.242 e. The number of nitrogens with one attached hydrogen (secondary N) is 2. The van der Waals surface area contributed by atoms with Crippen molar-refractivity contribution in [2.45, 2.75) is 103 Å². The van der Waals surface area contributed by atoms with Gasteiger partial charge in [-0.1, -0.05) is 43.6 Å². The van der Waals surface area contributed by atoms with Crippen molar-refractivity contribution in [1.29, 1.82) is 0 Å². The van der Waals surface area contributed by atoms with E-state index in [0.29, 0.717) is 27.2 Å². The molecule has 0 bridgehead atoms. The van der Waals surface area contributed by atoms with Crippen LogP contribution in [0, 0.1) is 11.8 Å². The number of alkyl halides is 1. The first-order valence-electron chi connectivity index (χ1n) is 13.9. The molecule has 2 aromatic rings. The van der Waals surface area contributed by atoms with Gasteiger partial charge in [-0.05, 0) is 122 Å². The fourth-order valence-electron chi connectivity index (χ4n) is 3.02. The van der Waals surface area contributed by atoms with Crippen LogP contribution >= 0.6 is 47.8 Å². The molecule has 0 spiro atoms. The van der Waals surface area contributed by atoms with Crippen molar-refractivity contribution in [1.82, 2.24) is 9.44 Å². The van der Waals surface area contributed by atoms with Gasteiger partial charge >= 0.3 is 0 Å². The van der Waals surface area contributed by atoms with Gasteiger partial charge in [0.25, 0.3) is 0 Å². The summed E-state index contributed by atoms with van der Waals surface area (Å²) in [5.74, 6) is 1.88. The number of benzene rings is 2. The molecule has 0 aliphatic carbocycles. The highest BCUT2D eigenvalue weighted by atomic mass is 79.9. The lowest BCUT2D eigenvalue weighted by molar-refractivity contribution is 0.288. The van der Waals surface area contributed by atoms with Crippen LogP contribution in [0.1, 0.15) is 82.1 Å². The number of ether oxygens (including phenoxy) is 1. The largest absolute Gasteiger partial charge is 0.508 e. The van der Waals surface area contributed by atoms with Crippen LogP contribution in [0.5, 0.6) is 11.5 Å². The number of phenols is 1. The SMILES string of the molecule is CC(C)(C)NS(=O)(=O)c1cc(O)ccc1Br.CC(C)CCBr.CC(C)CCOc1ccc(Br)c(S(=O)(=O)NC(C)(C)C)c1. The van der Waals surface area contributed by atoms with E-state index >= 15 is 0 Å². The average Bonchev–Trinajstić information content (AvgIpc) is 2.79. The third-order valence-electron chi connectivity index (χ3n) is 4.93. The highest BCUT2D eigenvalue weighted by Crippen LogP contribution is 2.28. The van der Waals surface area contributed by atoms with Crippen LogP contribution in [-0.4, -0.2) is 45.0 Å². The molecule has 43 heavy (non-hydrogen) atoms. The van der Waals surface area contributed by atoms with Crippen LogP contribution in [0.3, 0.4) is 0 Å². The standard InChI is InChI=1S/C15H24BrNO3S.C10H14BrNO3S.C5H11Br/c1-11(2)8-9-20-12-6-7-13(16)14(10-12)21(18,19)17-15(3,4)5;1-10(2,3)12-16(14,15)9-6-7(13)4-5-8(9)11;1-5(2)3-4-6/h6-7,10-11,17H,8-9H2,1-5H3;4-6,12-13H,1-3H3;5H,3-4H2,1-2H3. The molecule has 0 aliphatic rings. The highest BCUT2D eigenvalue weighted by Gasteiger charge is 2.25. The van der Waals surface area contributed by atoms with Gasteiger partial charge in [0.1, 0.15) is 11.5 Å². The molecule has 2 rings (SSSR count). The molecule has 3 N–H and O–H groups in total. The first-order chi connectivity index (χ1) is 19.4. The van der Waals surface area contributed by atoms with Crippen LogP contribution in [0.25, 0.3) is 0 Å². The number of rotatable bonds is 10. The third-order valence-corrected chi connectivity index (χ3v) is 10.9. The second-order valence-electron chi connectivity index (χ2n) is 12.8. The Balaban J connectivity index is 0.000000707. The van der Waals surface area contributed by atoms with Crippen molar-refractivity contribution >= 4 is 67.8 Å². The molecule has 0 unspecified atom stereocenters. The van der Waals surface area contributed by atoms with Gasteiger partial charge in [0.05, 0.1) is 16.4 Å². The van der Waals surface area contributed by atoms with Crippen molar-refractivity contribution < 1.29 is 26.7 Å². The predicted molar refractivity (Wildman–Crippen MR) is 188 cm³/mol. The number of sulfonamides is 2. The molecule has 13 heteroatoms. The van der Waals surface area contributed by atoms with Gasteiger partial charge in [-0.15, -0.1) is 0 Å². The molecule has 0 heterocycles. The lowest BCUT2D eigenvalue weighted by Crippen LogP contribution is -2.40. The lowest BCUT2D eigenvalue weighted by Gasteiger charge is -2.21. The van der Waals surface area contributed by atoms with Gasteiger partial charge < -0.3 is 9.84 Å². The molecular formula is C30H49Br3N2O6S2. The summed E-state index contributed by atoms with van der Waals surface area (Å²) >= 11 is 9.78. The molecule has 0 atom stereocenters. The van der Waals surface area contributed by atoms with E-state index in [1.54, 1.807) is 59.7 Å². The second-order valence-corrected chi connectivity index (χ2v) is 18.6. The minimum atomic E-state index is -3.63. The van der Waals surface area contributed by atoms with Crippen LogP contribution in [0.15, 0.2) is 55.1 Å². The fraction of sp³-hybridized carbons (Fsp3) is 0.600. The Bertz CT molecular complexity index is 1350. The van der Waals surface area contributed by atoms with E-state index in [-0.39, 0.29) is 15.5 Å². The Hall–Kier alpha value is -0.700. The van der Waals surface area contributed by atoms with E-state index in [9.17, 15) is 21.9 Å². The predicted octanol–water partition coefficient (Wildman–Crippen LogP) is 8.61. The van der Waals surface area contributed by atoms with Gasteiger partial charge in [-0.3, -0.25) is 0 Å². The highest BCUT2D eigenvalue weighted by molar-refractivity contribution is 9.10. The van der Waals surface area contributed by atoms with Crippen molar-refractivity contribution in [3.05, 3.63) is 45.3 Å². The van der Waals surface area contributed by atoms with E-state index in [4.69, 9.17) is 4.74 Å². The van der Waals surface area contributed by atoms with E-state index in [1.807, 2.05) is 0 Å². The normalized spacial score (nSPS) is 12.3. The summed E-state index contributed by atoms with van der Waals surface area (Å²) in [5, 5.41) is 10.4. The first-order valence-corrected chi connectivity index (χ1v) is 19.6. The summed E-state index contributed by atoms with van der Waals surface area (Å²) in [6.45, 7) is 19.9. The minimum absolute atomic E-state index is 0.0300. The Labute approximate surface area is 285 Å². The number of hydrogen-bond donors (Lipinski definition) is 3. The van der Waals surface area contributed by atoms with Crippen LogP contribution in [-0.2, 0) is 20.0 Å². The molecule has 0 fully saturated rings. The maximum Gasteiger partial charge on any atom is 0.242 e. The third kappa shape index (κ3) is 18.8. The average molecular weight is 838 g/mol. The Kier molecular flexibility index (Phi) is 18.1. The van der Waals surface area contributed by atoms with Crippen LogP contribution < -0.4 is 14.2 Å². The minimum Gasteiger partial charge on any atom is -0.508 e. The van der Waals surface area contributed by atoms with Crippen molar-refractivity contribution in [3.63, 3.8) is 0 Å². The van der Waals surface area contributed by atoms with Gasteiger partial charge in [0, 0.05) is 37.5 Å². The zero-order valence-corrected chi connectivity index (χ0v) is 33.3. The van der Waals surface area contributed by atoms with Gasteiger partial charge in [0.2, 0.25) is 20.0 Å². The summed E-state index contributed by atoms with van der Waals surface area (Å²) in [7, 11) is -7.22. The monoisotopic (exact) mass is 834 g/mol. The molecule has 0 saturated carbocycles. The van der Waals surface area contributed by atoms with E-state index in [0.717, 1.165) is 17.7 Å². The molecule has 0 aromatic heterocycles. The second kappa shape index (κ2) is 18.4. The molecule has 0 amide bonds. The zero-order chi connectivity index (χ0) is 33.8. The maximum absolute atomic E-state index is 12.4. The fourth-order valence-corrected chi connectivity index (χ4v) is 8.74. The summed E-state index contributed by atoms with van der Waals surface area (Å²) in [6.07, 6.45) is 2.22. The molecule has 8 nitrogen and oxygen atoms in total. The maximum atomic E-state index is 12.4. The lowest BCUT2D eigenvalue weighted by atomic mass is 10.1. The van der Waals surface area contributed by atoms with Gasteiger partial charge in [-0.25, -0.2) is 26.3 Å². The summed E-state index contributed by atoms with van der Waals surface area (Å²) in [5.41, 5.74) is -1.10. The van der Waals surface area contributed by atoms with Crippen molar-refractivity contribution in [2.24, 2.45) is 11.8 Å². The molecule has 0 radical (unpaired) electrons. The number of phenolic OH excluding ortho intramolecular Hbond substituents is 1. The molecule has 2 aromatic carbocycles. The molecule has 0 aliphatic heterocycles. The van der Waals surface area contributed by atoms with E-state index in [1.165, 1.54) is 24.6 Å². The van der Waals surface area contributed by atoms with Gasteiger partial charge in [-0.2, -0.15) is 0 Å².